The number of nitrogens with zero attached hydrogens (tertiary/aromatic N) is 1. The smallest absolute Gasteiger partial charge is 0.0595 e. The summed E-state index contributed by atoms with van der Waals surface area (Å²) >= 11 is 0. The Morgan fingerprint density at radius 3 is 2.95 bits per heavy atom. The molecule has 1 aliphatic rings. The zero-order valence-corrected chi connectivity index (χ0v) is 11.8. The highest BCUT2D eigenvalue weighted by Crippen LogP contribution is 2.30. The van der Waals surface area contributed by atoms with Crippen molar-refractivity contribution in [2.24, 2.45) is 0 Å². The van der Waals surface area contributed by atoms with Gasteiger partial charge in [-0.3, -0.25) is 4.98 Å². The summed E-state index contributed by atoms with van der Waals surface area (Å²) in [6.45, 7) is 8.04. The quantitative estimate of drug-likeness (QED) is 0.802. The molecule has 1 aromatic carbocycles. The number of nitrogens with two attached hydrogens (primary N) is 1. The third kappa shape index (κ3) is 2.74. The van der Waals surface area contributed by atoms with Gasteiger partial charge in [0.25, 0.3) is 0 Å². The highest BCUT2D eigenvalue weighted by molar-refractivity contribution is 5.82. The number of nitrogens with one attached hydrogen (secondary N) is 2. The van der Waals surface area contributed by atoms with Crippen LogP contribution in [-0.4, -0.2) is 4.98 Å². The summed E-state index contributed by atoms with van der Waals surface area (Å²) in [5.74, 6) is 0. The zero-order chi connectivity index (χ0) is 14.8. The molecule has 1 aromatic heterocycles. The fraction of sp³-hybridized carbons (Fsp3) is 0.118. The van der Waals surface area contributed by atoms with Crippen LogP contribution >= 0.6 is 0 Å². The van der Waals surface area contributed by atoms with Crippen LogP contribution in [-0.2, 0) is 6.42 Å². The second-order valence-electron chi connectivity index (χ2n) is 5.17. The molecule has 0 aliphatic carbocycles. The molecule has 2 aromatic rings. The molecule has 4 nitrogen and oxygen atoms in total. The Hall–Kier alpha value is -2.75. The molecule has 21 heavy (non-hydrogen) atoms. The summed E-state index contributed by atoms with van der Waals surface area (Å²) in [5, 5.41) is 6.62. The average Bonchev–Trinajstić information content (AvgIpc) is 2.47. The Kier molecular flexibility index (Phi) is 3.36. The van der Waals surface area contributed by atoms with E-state index in [0.29, 0.717) is 5.69 Å². The van der Waals surface area contributed by atoms with Gasteiger partial charge in [0.15, 0.2) is 0 Å². The highest BCUT2D eigenvalue weighted by Gasteiger charge is 2.12. The van der Waals surface area contributed by atoms with Crippen molar-refractivity contribution in [2.45, 2.75) is 12.8 Å². The van der Waals surface area contributed by atoms with E-state index in [1.165, 1.54) is 5.56 Å². The molecule has 0 bridgehead atoms. The molecule has 3 rings (SSSR count). The molecular weight excluding hydrogens is 260 g/mol. The predicted molar refractivity (Wildman–Crippen MR) is 88.8 cm³/mol. The molecule has 106 valence electrons. The zero-order valence-electron chi connectivity index (χ0n) is 11.8. The van der Waals surface area contributed by atoms with Crippen molar-refractivity contribution < 1.29 is 0 Å². The summed E-state index contributed by atoms with van der Waals surface area (Å²) in [6.07, 6.45) is 5.34. The van der Waals surface area contributed by atoms with Gasteiger partial charge in [-0.1, -0.05) is 19.2 Å². The molecular formula is C17H18N4. The van der Waals surface area contributed by atoms with Crippen molar-refractivity contribution in [2.75, 3.05) is 16.4 Å². The van der Waals surface area contributed by atoms with Crippen LogP contribution in [0, 0.1) is 0 Å². The van der Waals surface area contributed by atoms with Gasteiger partial charge in [0.2, 0.25) is 0 Å². The number of rotatable bonds is 3. The lowest BCUT2D eigenvalue weighted by molar-refractivity contribution is 0.919. The second-order valence-corrected chi connectivity index (χ2v) is 5.17. The van der Waals surface area contributed by atoms with Gasteiger partial charge in [-0.2, -0.15) is 0 Å². The van der Waals surface area contributed by atoms with Crippen molar-refractivity contribution in [3.05, 3.63) is 66.6 Å². The SMILES string of the molecule is C=C1CCc2ccc(NC(=C)c3ccncc3N)cc2N1. The molecule has 0 spiro atoms. The molecule has 1 aliphatic heterocycles. The number of pyridine rings is 1. The summed E-state index contributed by atoms with van der Waals surface area (Å²) in [6, 6.07) is 8.10. The molecule has 0 amide bonds. The van der Waals surface area contributed by atoms with E-state index in [1.54, 1.807) is 12.4 Å². The fourth-order valence-electron chi connectivity index (χ4n) is 2.45. The molecule has 0 atom stereocenters. The fourth-order valence-corrected chi connectivity index (χ4v) is 2.45. The maximum Gasteiger partial charge on any atom is 0.0595 e. The molecule has 0 saturated carbocycles. The standard InChI is InChI=1S/C17H18N4/c1-11-3-4-13-5-6-14(9-17(13)20-11)21-12(2)15-7-8-19-10-16(15)18/h5-10,20-21H,1-4,18H2. The molecule has 0 radical (unpaired) electrons. The van der Waals surface area contributed by atoms with Gasteiger partial charge in [-0.15, -0.1) is 0 Å². The lowest BCUT2D eigenvalue weighted by Gasteiger charge is -2.21. The third-order valence-electron chi connectivity index (χ3n) is 3.59. The Bertz CT molecular complexity index is 718. The number of anilines is 3. The van der Waals surface area contributed by atoms with E-state index in [2.05, 4.69) is 47.0 Å². The van der Waals surface area contributed by atoms with Gasteiger partial charge in [-0.25, -0.2) is 0 Å². The minimum Gasteiger partial charge on any atom is -0.397 e. The molecule has 0 saturated heterocycles. The minimum atomic E-state index is 0.611. The average molecular weight is 278 g/mol. The Labute approximate surface area is 124 Å². The lowest BCUT2D eigenvalue weighted by atomic mass is 10.0. The first kappa shape index (κ1) is 13.2. The number of hydrogen-bond donors (Lipinski definition) is 3. The number of aryl methyl sites for hydroxylation is 1. The number of hydrogen-bond acceptors (Lipinski definition) is 4. The highest BCUT2D eigenvalue weighted by atomic mass is 14.9. The van der Waals surface area contributed by atoms with Crippen LogP contribution in [0.5, 0.6) is 0 Å². The summed E-state index contributed by atoms with van der Waals surface area (Å²) in [5.41, 5.74) is 12.6. The van der Waals surface area contributed by atoms with Crippen molar-refractivity contribution in [1.82, 2.24) is 4.98 Å². The monoisotopic (exact) mass is 278 g/mol. The van der Waals surface area contributed by atoms with E-state index >= 15 is 0 Å². The van der Waals surface area contributed by atoms with Gasteiger partial charge < -0.3 is 16.4 Å². The van der Waals surface area contributed by atoms with Crippen LogP contribution in [0.2, 0.25) is 0 Å². The van der Waals surface area contributed by atoms with E-state index in [1.807, 2.05) is 6.07 Å². The van der Waals surface area contributed by atoms with E-state index < -0.39 is 0 Å². The lowest BCUT2D eigenvalue weighted by Crippen LogP contribution is -2.09. The summed E-state index contributed by atoms with van der Waals surface area (Å²) in [7, 11) is 0. The first-order valence-electron chi connectivity index (χ1n) is 6.87. The minimum absolute atomic E-state index is 0.611. The largest absolute Gasteiger partial charge is 0.397 e. The molecule has 2 heterocycles. The van der Waals surface area contributed by atoms with Gasteiger partial charge >= 0.3 is 0 Å². The molecule has 4 heteroatoms. The topological polar surface area (TPSA) is 63.0 Å². The Morgan fingerprint density at radius 1 is 1.29 bits per heavy atom. The number of aromatic nitrogens is 1. The maximum atomic E-state index is 5.92. The van der Waals surface area contributed by atoms with E-state index in [0.717, 1.165) is 41.2 Å². The van der Waals surface area contributed by atoms with E-state index in [-0.39, 0.29) is 0 Å². The molecule has 0 fully saturated rings. The predicted octanol–water partition coefficient (Wildman–Crippen LogP) is 3.62. The van der Waals surface area contributed by atoms with Crippen molar-refractivity contribution >= 4 is 22.8 Å². The van der Waals surface area contributed by atoms with Gasteiger partial charge in [-0.05, 0) is 36.6 Å². The van der Waals surface area contributed by atoms with Crippen LogP contribution in [0.25, 0.3) is 5.70 Å². The molecule has 0 unspecified atom stereocenters. The van der Waals surface area contributed by atoms with Crippen LogP contribution in [0.1, 0.15) is 17.5 Å². The van der Waals surface area contributed by atoms with Crippen molar-refractivity contribution in [1.29, 1.82) is 0 Å². The summed E-state index contributed by atoms with van der Waals surface area (Å²) < 4.78 is 0. The van der Waals surface area contributed by atoms with Crippen molar-refractivity contribution in [3.8, 4) is 0 Å². The van der Waals surface area contributed by atoms with Crippen molar-refractivity contribution in [3.63, 3.8) is 0 Å². The number of fused-ring (bicyclic) bond motifs is 1. The number of nitrogen functional groups attached to an aromatic ring is 1. The maximum absolute atomic E-state index is 5.92. The first-order chi connectivity index (χ1) is 10.1. The first-order valence-corrected chi connectivity index (χ1v) is 6.87. The van der Waals surface area contributed by atoms with E-state index in [4.69, 9.17) is 5.73 Å². The van der Waals surface area contributed by atoms with Gasteiger partial charge in [0.05, 0.1) is 11.9 Å². The van der Waals surface area contributed by atoms with Crippen LogP contribution in [0.3, 0.4) is 0 Å². The van der Waals surface area contributed by atoms with Gasteiger partial charge in [0.1, 0.15) is 0 Å². The Balaban J connectivity index is 1.82. The van der Waals surface area contributed by atoms with Crippen LogP contribution < -0.4 is 16.4 Å². The van der Waals surface area contributed by atoms with Gasteiger partial charge in [0, 0.05) is 34.5 Å². The molecule has 4 N–H and O–H groups in total. The number of allylic oxidation sites excluding steroid dienone is 1. The van der Waals surface area contributed by atoms with Crippen LogP contribution in [0.4, 0.5) is 17.1 Å². The normalized spacial score (nSPS) is 13.2. The van der Waals surface area contributed by atoms with Crippen LogP contribution in [0.15, 0.2) is 55.5 Å². The Morgan fingerprint density at radius 2 is 2.14 bits per heavy atom. The summed E-state index contributed by atoms with van der Waals surface area (Å²) in [4.78, 5) is 3.99. The number of benzene rings is 1. The second kappa shape index (κ2) is 5.32. The third-order valence-corrected chi connectivity index (χ3v) is 3.59. The van der Waals surface area contributed by atoms with E-state index in [9.17, 15) is 0 Å².